The normalized spacial score (nSPS) is 15.5. The van der Waals surface area contributed by atoms with Crippen molar-refractivity contribution in [2.75, 3.05) is 18.9 Å². The second kappa shape index (κ2) is 7.14. The van der Waals surface area contributed by atoms with Crippen LogP contribution in [0, 0.1) is 18.3 Å². The summed E-state index contributed by atoms with van der Waals surface area (Å²) in [5, 5.41) is 17.7. The molecule has 0 spiro atoms. The highest BCUT2D eigenvalue weighted by Gasteiger charge is 2.35. The number of carbonyl (C=O) groups is 2. The van der Waals surface area contributed by atoms with Crippen LogP contribution in [0.15, 0.2) is 18.2 Å². The van der Waals surface area contributed by atoms with Gasteiger partial charge in [0.25, 0.3) is 5.91 Å². The summed E-state index contributed by atoms with van der Waals surface area (Å²) in [5.41, 5.74) is 1.24. The summed E-state index contributed by atoms with van der Waals surface area (Å²) >= 11 is 0. The van der Waals surface area contributed by atoms with E-state index in [1.54, 1.807) is 13.1 Å². The van der Waals surface area contributed by atoms with Crippen LogP contribution in [-0.2, 0) is 4.79 Å². The number of nitriles is 1. The molecule has 1 fully saturated rings. The highest BCUT2D eigenvalue weighted by Crippen LogP contribution is 2.28. The number of nitrogens with zero attached hydrogens (tertiary/aromatic N) is 1. The molecule has 6 nitrogen and oxygen atoms in total. The minimum Gasteiger partial charge on any atom is -0.376 e. The van der Waals surface area contributed by atoms with Gasteiger partial charge in [-0.05, 0) is 44.2 Å². The summed E-state index contributed by atoms with van der Waals surface area (Å²) in [6.07, 6.45) is 3.31. The zero-order valence-corrected chi connectivity index (χ0v) is 13.5. The first-order valence-electron chi connectivity index (χ1n) is 7.79. The maximum Gasteiger partial charge on any atom is 0.253 e. The van der Waals surface area contributed by atoms with E-state index in [1.807, 2.05) is 19.1 Å². The van der Waals surface area contributed by atoms with Crippen LogP contribution in [0.2, 0.25) is 0 Å². The number of anilines is 1. The van der Waals surface area contributed by atoms with E-state index in [9.17, 15) is 14.9 Å². The topological polar surface area (TPSA) is 94.0 Å². The predicted molar refractivity (Wildman–Crippen MR) is 88.0 cm³/mol. The lowest BCUT2D eigenvalue weighted by molar-refractivity contribution is -0.120. The Labute approximate surface area is 136 Å². The fourth-order valence-corrected chi connectivity index (χ4v) is 2.97. The molecule has 1 saturated carbocycles. The van der Waals surface area contributed by atoms with E-state index in [0.29, 0.717) is 24.1 Å². The van der Waals surface area contributed by atoms with Gasteiger partial charge in [0, 0.05) is 12.7 Å². The van der Waals surface area contributed by atoms with Crippen molar-refractivity contribution < 1.29 is 9.59 Å². The zero-order chi connectivity index (χ0) is 16.9. The molecule has 0 unspecified atom stereocenters. The summed E-state index contributed by atoms with van der Waals surface area (Å²) in [6, 6.07) is 7.67. The van der Waals surface area contributed by atoms with Gasteiger partial charge in [0.15, 0.2) is 0 Å². The molecule has 0 heterocycles. The Hall–Kier alpha value is -2.55. The van der Waals surface area contributed by atoms with Crippen molar-refractivity contribution in [1.82, 2.24) is 10.6 Å². The molecular formula is C17H22N4O2. The van der Waals surface area contributed by atoms with Crippen LogP contribution < -0.4 is 16.0 Å². The van der Waals surface area contributed by atoms with Crippen molar-refractivity contribution in [2.24, 2.45) is 0 Å². The second-order valence-corrected chi connectivity index (χ2v) is 5.88. The van der Waals surface area contributed by atoms with Crippen LogP contribution in [0.3, 0.4) is 0 Å². The first-order valence-corrected chi connectivity index (χ1v) is 7.79. The Morgan fingerprint density at radius 3 is 2.61 bits per heavy atom. The van der Waals surface area contributed by atoms with Gasteiger partial charge < -0.3 is 16.0 Å². The molecule has 3 N–H and O–H groups in total. The van der Waals surface area contributed by atoms with Crippen LogP contribution in [0.25, 0.3) is 0 Å². The van der Waals surface area contributed by atoms with Gasteiger partial charge in [0.1, 0.15) is 5.54 Å². The second-order valence-electron chi connectivity index (χ2n) is 5.88. The van der Waals surface area contributed by atoms with E-state index in [-0.39, 0.29) is 18.4 Å². The van der Waals surface area contributed by atoms with Crippen molar-refractivity contribution in [3.63, 3.8) is 0 Å². The van der Waals surface area contributed by atoms with Crippen molar-refractivity contribution in [1.29, 1.82) is 5.26 Å². The highest BCUT2D eigenvalue weighted by atomic mass is 16.2. The quantitative estimate of drug-likeness (QED) is 0.771. The van der Waals surface area contributed by atoms with Crippen LogP contribution >= 0.6 is 0 Å². The van der Waals surface area contributed by atoms with Gasteiger partial charge in [-0.3, -0.25) is 9.59 Å². The Kier molecular flexibility index (Phi) is 5.22. The fraction of sp³-hybridized carbons (Fsp3) is 0.471. The monoisotopic (exact) mass is 314 g/mol. The van der Waals surface area contributed by atoms with Crippen LogP contribution in [-0.4, -0.2) is 30.9 Å². The third-order valence-electron chi connectivity index (χ3n) is 4.22. The number of carbonyl (C=O) groups excluding carboxylic acids is 2. The molecule has 0 saturated heterocycles. The van der Waals surface area contributed by atoms with Gasteiger partial charge in [-0.1, -0.05) is 12.1 Å². The molecular weight excluding hydrogens is 292 g/mol. The number of rotatable bonds is 5. The molecule has 1 aliphatic carbocycles. The van der Waals surface area contributed by atoms with Gasteiger partial charge in [-0.15, -0.1) is 0 Å². The first kappa shape index (κ1) is 16.8. The Morgan fingerprint density at radius 2 is 2.00 bits per heavy atom. The lowest BCUT2D eigenvalue weighted by Crippen LogP contribution is -2.47. The lowest BCUT2D eigenvalue weighted by atomic mass is 10.00. The number of benzene rings is 1. The maximum absolute atomic E-state index is 12.1. The molecule has 0 bridgehead atoms. The van der Waals surface area contributed by atoms with E-state index < -0.39 is 5.54 Å². The third kappa shape index (κ3) is 3.81. The van der Waals surface area contributed by atoms with Gasteiger partial charge in [-0.2, -0.15) is 5.26 Å². The highest BCUT2D eigenvalue weighted by molar-refractivity contribution is 6.01. The van der Waals surface area contributed by atoms with E-state index in [4.69, 9.17) is 0 Å². The van der Waals surface area contributed by atoms with Crippen molar-refractivity contribution >= 4 is 17.5 Å². The average Bonchev–Trinajstić information content (AvgIpc) is 3.01. The van der Waals surface area contributed by atoms with Crippen LogP contribution in [0.4, 0.5) is 5.69 Å². The molecule has 23 heavy (non-hydrogen) atoms. The Morgan fingerprint density at radius 1 is 1.30 bits per heavy atom. The summed E-state index contributed by atoms with van der Waals surface area (Å²) < 4.78 is 0. The van der Waals surface area contributed by atoms with Gasteiger partial charge >= 0.3 is 0 Å². The molecule has 0 aromatic heterocycles. The van der Waals surface area contributed by atoms with E-state index >= 15 is 0 Å². The largest absolute Gasteiger partial charge is 0.376 e. The zero-order valence-electron chi connectivity index (χ0n) is 13.5. The van der Waals surface area contributed by atoms with Crippen LogP contribution in [0.1, 0.15) is 41.6 Å². The molecule has 1 aromatic carbocycles. The minimum absolute atomic E-state index is 0.0247. The molecule has 0 radical (unpaired) electrons. The van der Waals surface area contributed by atoms with E-state index in [2.05, 4.69) is 22.0 Å². The summed E-state index contributed by atoms with van der Waals surface area (Å²) in [5.74, 6) is -0.437. The number of nitrogens with one attached hydrogen (secondary N) is 3. The molecule has 1 aliphatic rings. The molecule has 2 amide bonds. The van der Waals surface area contributed by atoms with Crippen molar-refractivity contribution in [3.8, 4) is 6.07 Å². The third-order valence-corrected chi connectivity index (χ3v) is 4.22. The summed E-state index contributed by atoms with van der Waals surface area (Å²) in [6.45, 7) is 1.87. The Bertz CT molecular complexity index is 642. The fourth-order valence-electron chi connectivity index (χ4n) is 2.97. The number of amides is 2. The van der Waals surface area contributed by atoms with E-state index in [0.717, 1.165) is 18.4 Å². The molecule has 6 heteroatoms. The van der Waals surface area contributed by atoms with Gasteiger partial charge in [0.05, 0.1) is 18.2 Å². The van der Waals surface area contributed by atoms with Crippen molar-refractivity contribution in [2.45, 2.75) is 38.1 Å². The first-order chi connectivity index (χ1) is 11.0. The van der Waals surface area contributed by atoms with Crippen LogP contribution in [0.5, 0.6) is 0 Å². The number of aryl methyl sites for hydroxylation is 1. The number of hydrogen-bond acceptors (Lipinski definition) is 4. The summed E-state index contributed by atoms with van der Waals surface area (Å²) in [7, 11) is 1.57. The minimum atomic E-state index is -0.727. The molecule has 0 aliphatic heterocycles. The van der Waals surface area contributed by atoms with Crippen molar-refractivity contribution in [3.05, 3.63) is 29.3 Å². The molecule has 122 valence electrons. The van der Waals surface area contributed by atoms with E-state index in [1.165, 1.54) is 0 Å². The Balaban J connectivity index is 2.04. The smallest absolute Gasteiger partial charge is 0.253 e. The maximum atomic E-state index is 12.1. The standard InChI is InChI=1S/C17H22N4O2/c1-12-6-5-7-13(15(12)16(23)19-2)20-10-14(22)21-17(11-18)8-3-4-9-17/h5-7,20H,3-4,8-10H2,1-2H3,(H,19,23)(H,21,22). The molecule has 2 rings (SSSR count). The molecule has 1 aromatic rings. The summed E-state index contributed by atoms with van der Waals surface area (Å²) in [4.78, 5) is 24.1. The lowest BCUT2D eigenvalue weighted by Gasteiger charge is -2.22. The SMILES string of the molecule is CNC(=O)c1c(C)cccc1NCC(=O)NC1(C#N)CCCC1. The average molecular weight is 314 g/mol. The molecule has 0 atom stereocenters. The van der Waals surface area contributed by atoms with Gasteiger partial charge in [0.2, 0.25) is 5.91 Å². The number of hydrogen-bond donors (Lipinski definition) is 3. The predicted octanol–water partition coefficient (Wildman–Crippen LogP) is 1.72. The van der Waals surface area contributed by atoms with Gasteiger partial charge in [-0.25, -0.2) is 0 Å².